The number of para-hydroxylation sites is 1. The molecule has 132 valence electrons. The average Bonchev–Trinajstić information content (AvgIpc) is 2.69. The van der Waals surface area contributed by atoms with Crippen LogP contribution < -0.4 is 5.32 Å². The van der Waals surface area contributed by atoms with E-state index in [4.69, 9.17) is 16.3 Å². The van der Waals surface area contributed by atoms with E-state index in [2.05, 4.69) is 5.32 Å². The maximum absolute atomic E-state index is 11.7. The molecule has 0 saturated heterocycles. The minimum atomic E-state index is -0.332. The van der Waals surface area contributed by atoms with E-state index >= 15 is 0 Å². The molecular formula is C22H20ClNO2. The van der Waals surface area contributed by atoms with Crippen molar-refractivity contribution in [3.05, 3.63) is 101 Å². The first kappa shape index (κ1) is 18.0. The smallest absolute Gasteiger partial charge is 0.337 e. The fourth-order valence-corrected chi connectivity index (χ4v) is 2.94. The van der Waals surface area contributed by atoms with Crippen molar-refractivity contribution in [1.82, 2.24) is 0 Å². The molecule has 3 rings (SSSR count). The van der Waals surface area contributed by atoms with Crippen LogP contribution in [0, 0.1) is 0 Å². The number of benzene rings is 3. The number of anilines is 1. The van der Waals surface area contributed by atoms with Gasteiger partial charge in [-0.15, -0.1) is 0 Å². The van der Waals surface area contributed by atoms with Crippen LogP contribution in [0.15, 0.2) is 78.9 Å². The molecule has 0 aromatic heterocycles. The van der Waals surface area contributed by atoms with E-state index in [1.165, 1.54) is 12.7 Å². The van der Waals surface area contributed by atoms with Gasteiger partial charge >= 0.3 is 5.97 Å². The molecule has 3 nitrogen and oxygen atoms in total. The maximum atomic E-state index is 11.7. The predicted molar refractivity (Wildman–Crippen MR) is 106 cm³/mol. The minimum Gasteiger partial charge on any atom is -0.465 e. The molecule has 0 amide bonds. The number of carbonyl (C=O) groups excluding carboxylic acids is 1. The Bertz CT molecular complexity index is 846. The number of nitrogens with one attached hydrogen (secondary N) is 1. The zero-order chi connectivity index (χ0) is 18.4. The van der Waals surface area contributed by atoms with Gasteiger partial charge < -0.3 is 10.1 Å². The van der Waals surface area contributed by atoms with Crippen molar-refractivity contribution in [3.63, 3.8) is 0 Å². The lowest BCUT2D eigenvalue weighted by Gasteiger charge is -2.21. The Labute approximate surface area is 158 Å². The molecule has 3 aromatic carbocycles. The number of halogens is 1. The van der Waals surface area contributed by atoms with Crippen LogP contribution in [0.4, 0.5) is 5.69 Å². The molecule has 3 aromatic rings. The van der Waals surface area contributed by atoms with Crippen molar-refractivity contribution in [2.45, 2.75) is 12.5 Å². The zero-order valence-corrected chi connectivity index (χ0v) is 15.2. The molecule has 0 aliphatic carbocycles. The van der Waals surface area contributed by atoms with Crippen molar-refractivity contribution >= 4 is 23.3 Å². The molecule has 0 bridgehead atoms. The summed E-state index contributed by atoms with van der Waals surface area (Å²) in [4.78, 5) is 11.7. The van der Waals surface area contributed by atoms with Crippen molar-refractivity contribution in [3.8, 4) is 0 Å². The Hall–Kier alpha value is -2.78. The highest BCUT2D eigenvalue weighted by atomic mass is 35.5. The Morgan fingerprint density at radius 3 is 2.23 bits per heavy atom. The molecule has 0 aliphatic heterocycles. The van der Waals surface area contributed by atoms with Crippen molar-refractivity contribution < 1.29 is 9.53 Å². The van der Waals surface area contributed by atoms with E-state index in [1.807, 2.05) is 66.7 Å². The second-order valence-electron chi connectivity index (χ2n) is 6.01. The number of carbonyl (C=O) groups is 1. The molecule has 0 aliphatic rings. The van der Waals surface area contributed by atoms with Gasteiger partial charge in [0.05, 0.1) is 18.7 Å². The van der Waals surface area contributed by atoms with Crippen molar-refractivity contribution in [2.24, 2.45) is 0 Å². The predicted octanol–water partition coefficient (Wildman–Crippen LogP) is 5.52. The summed E-state index contributed by atoms with van der Waals surface area (Å²) in [6.45, 7) is 0. The van der Waals surface area contributed by atoms with E-state index < -0.39 is 0 Å². The molecule has 0 fully saturated rings. The highest BCUT2D eigenvalue weighted by Crippen LogP contribution is 2.25. The summed E-state index contributed by atoms with van der Waals surface area (Å²) >= 11 is 6.00. The van der Waals surface area contributed by atoms with Gasteiger partial charge in [-0.05, 0) is 53.9 Å². The summed E-state index contributed by atoms with van der Waals surface area (Å²) in [6, 6.07) is 25.5. The largest absolute Gasteiger partial charge is 0.465 e. The molecule has 1 atom stereocenters. The lowest BCUT2D eigenvalue weighted by Crippen LogP contribution is -2.14. The molecular weight excluding hydrogens is 346 g/mol. The van der Waals surface area contributed by atoms with E-state index in [0.29, 0.717) is 5.56 Å². The van der Waals surface area contributed by atoms with Gasteiger partial charge in [-0.2, -0.15) is 0 Å². The SMILES string of the molecule is COC(=O)c1ccc([C@@H](Cc2ccc(Cl)cc2)Nc2ccccc2)cc1. The lowest BCUT2D eigenvalue weighted by atomic mass is 9.97. The third kappa shape index (κ3) is 4.64. The molecule has 0 radical (unpaired) electrons. The quantitative estimate of drug-likeness (QED) is 0.584. The first-order valence-corrected chi connectivity index (χ1v) is 8.78. The Morgan fingerprint density at radius 1 is 0.962 bits per heavy atom. The number of esters is 1. The summed E-state index contributed by atoms with van der Waals surface area (Å²) in [5.74, 6) is -0.332. The number of ether oxygens (including phenoxy) is 1. The number of hydrogen-bond acceptors (Lipinski definition) is 3. The molecule has 26 heavy (non-hydrogen) atoms. The van der Waals surface area contributed by atoms with Crippen LogP contribution in [0.5, 0.6) is 0 Å². The Kier molecular flexibility index (Phi) is 5.92. The molecule has 0 unspecified atom stereocenters. The summed E-state index contributed by atoms with van der Waals surface area (Å²) in [5.41, 5.74) is 3.86. The Balaban J connectivity index is 1.86. The number of methoxy groups -OCH3 is 1. The van der Waals surface area contributed by atoms with Gasteiger partial charge in [-0.25, -0.2) is 4.79 Å². The number of hydrogen-bond donors (Lipinski definition) is 1. The normalized spacial score (nSPS) is 11.6. The minimum absolute atomic E-state index is 0.0604. The standard InChI is InChI=1S/C22H20ClNO2/c1-26-22(25)18-11-9-17(10-12-18)21(24-20-5-3-2-4-6-20)15-16-7-13-19(23)14-8-16/h2-14,21,24H,15H2,1H3/t21-/m1/s1. The summed E-state index contributed by atoms with van der Waals surface area (Å²) in [7, 11) is 1.39. The molecule has 0 saturated carbocycles. The monoisotopic (exact) mass is 365 g/mol. The molecule has 4 heteroatoms. The first-order chi connectivity index (χ1) is 12.7. The summed E-state index contributed by atoms with van der Waals surface area (Å²) in [6.07, 6.45) is 0.795. The lowest BCUT2D eigenvalue weighted by molar-refractivity contribution is 0.0600. The van der Waals surface area contributed by atoms with Crippen LogP contribution in [0.1, 0.15) is 27.5 Å². The third-order valence-electron chi connectivity index (χ3n) is 4.20. The summed E-state index contributed by atoms with van der Waals surface area (Å²) < 4.78 is 4.77. The van der Waals surface area contributed by atoms with Crippen LogP contribution in [-0.4, -0.2) is 13.1 Å². The highest BCUT2D eigenvalue weighted by molar-refractivity contribution is 6.30. The highest BCUT2D eigenvalue weighted by Gasteiger charge is 2.14. The summed E-state index contributed by atoms with van der Waals surface area (Å²) in [5, 5.41) is 4.30. The maximum Gasteiger partial charge on any atom is 0.337 e. The second kappa shape index (κ2) is 8.54. The van der Waals surface area contributed by atoms with Gasteiger partial charge in [0.2, 0.25) is 0 Å². The van der Waals surface area contributed by atoms with E-state index in [9.17, 15) is 4.79 Å². The Morgan fingerprint density at radius 2 is 1.62 bits per heavy atom. The fraction of sp³-hybridized carbons (Fsp3) is 0.136. The third-order valence-corrected chi connectivity index (χ3v) is 4.45. The van der Waals surface area contributed by atoms with Gasteiger partial charge in [-0.1, -0.05) is 54.1 Å². The van der Waals surface area contributed by atoms with E-state index in [-0.39, 0.29) is 12.0 Å². The molecule has 1 N–H and O–H groups in total. The molecule has 0 heterocycles. The molecule has 0 spiro atoms. The average molecular weight is 366 g/mol. The van der Waals surface area contributed by atoms with Crippen LogP contribution in [0.3, 0.4) is 0 Å². The van der Waals surface area contributed by atoms with Gasteiger partial charge in [-0.3, -0.25) is 0 Å². The van der Waals surface area contributed by atoms with Crippen LogP contribution in [-0.2, 0) is 11.2 Å². The van der Waals surface area contributed by atoms with E-state index in [1.54, 1.807) is 12.1 Å². The topological polar surface area (TPSA) is 38.3 Å². The van der Waals surface area contributed by atoms with Gasteiger partial charge in [0.25, 0.3) is 0 Å². The van der Waals surface area contributed by atoms with Crippen LogP contribution in [0.2, 0.25) is 5.02 Å². The van der Waals surface area contributed by atoms with Crippen LogP contribution >= 0.6 is 11.6 Å². The van der Waals surface area contributed by atoms with Crippen molar-refractivity contribution in [2.75, 3.05) is 12.4 Å². The fourth-order valence-electron chi connectivity index (χ4n) is 2.81. The van der Waals surface area contributed by atoms with Gasteiger partial charge in [0, 0.05) is 10.7 Å². The van der Waals surface area contributed by atoms with Gasteiger partial charge in [0.15, 0.2) is 0 Å². The first-order valence-electron chi connectivity index (χ1n) is 8.40. The zero-order valence-electron chi connectivity index (χ0n) is 14.5. The van der Waals surface area contributed by atoms with Gasteiger partial charge in [0.1, 0.15) is 0 Å². The second-order valence-corrected chi connectivity index (χ2v) is 6.44. The van der Waals surface area contributed by atoms with E-state index in [0.717, 1.165) is 22.7 Å². The van der Waals surface area contributed by atoms with Crippen molar-refractivity contribution in [1.29, 1.82) is 0 Å². The van der Waals surface area contributed by atoms with Crippen LogP contribution in [0.25, 0.3) is 0 Å². The number of rotatable bonds is 6.